The third kappa shape index (κ3) is 3.53. The van der Waals surface area contributed by atoms with Gasteiger partial charge in [0.15, 0.2) is 0 Å². The SMILES string of the molecule is CCOC(=O)C1CCCN(Cc2cnc(C)s2)C1. The standard InChI is InChI=1S/C13H20N2O2S/c1-3-17-13(16)11-5-4-6-15(8-11)9-12-7-14-10(2)18-12/h7,11H,3-6,8-9H2,1-2H3. The Balaban J connectivity index is 1.88. The minimum Gasteiger partial charge on any atom is -0.466 e. The molecule has 1 aromatic heterocycles. The van der Waals surface area contributed by atoms with E-state index in [0.717, 1.165) is 37.5 Å². The highest BCUT2D eigenvalue weighted by Crippen LogP contribution is 2.21. The first-order chi connectivity index (χ1) is 8.69. The Morgan fingerprint density at radius 2 is 2.50 bits per heavy atom. The number of nitrogens with zero attached hydrogens (tertiary/aromatic N) is 2. The highest BCUT2D eigenvalue weighted by atomic mass is 32.1. The maximum absolute atomic E-state index is 11.7. The van der Waals surface area contributed by atoms with Crippen molar-refractivity contribution in [3.63, 3.8) is 0 Å². The molecule has 0 aromatic carbocycles. The maximum Gasteiger partial charge on any atom is 0.310 e. The smallest absolute Gasteiger partial charge is 0.310 e. The number of thiazole rings is 1. The number of hydrogen-bond donors (Lipinski definition) is 0. The van der Waals surface area contributed by atoms with Crippen LogP contribution >= 0.6 is 11.3 Å². The van der Waals surface area contributed by atoms with Gasteiger partial charge in [-0.25, -0.2) is 4.98 Å². The predicted octanol–water partition coefficient (Wildman–Crippen LogP) is 2.23. The molecule has 0 saturated carbocycles. The first kappa shape index (κ1) is 13.5. The highest BCUT2D eigenvalue weighted by Gasteiger charge is 2.26. The molecule has 0 radical (unpaired) electrons. The summed E-state index contributed by atoms with van der Waals surface area (Å²) in [5.74, 6) is 0.00963. The van der Waals surface area contributed by atoms with E-state index >= 15 is 0 Å². The zero-order chi connectivity index (χ0) is 13.0. The Bertz CT molecular complexity index is 405. The fourth-order valence-corrected chi connectivity index (χ4v) is 3.19. The quantitative estimate of drug-likeness (QED) is 0.785. The molecule has 0 bridgehead atoms. The van der Waals surface area contributed by atoms with Gasteiger partial charge < -0.3 is 4.74 Å². The van der Waals surface area contributed by atoms with Gasteiger partial charge in [0.1, 0.15) is 0 Å². The van der Waals surface area contributed by atoms with E-state index in [0.29, 0.717) is 6.61 Å². The molecule has 1 fully saturated rings. The van der Waals surface area contributed by atoms with Gasteiger partial charge in [-0.15, -0.1) is 11.3 Å². The van der Waals surface area contributed by atoms with Crippen LogP contribution in [0.4, 0.5) is 0 Å². The molecule has 2 heterocycles. The lowest BCUT2D eigenvalue weighted by Crippen LogP contribution is -2.38. The zero-order valence-electron chi connectivity index (χ0n) is 11.0. The second kappa shape index (κ2) is 6.29. The van der Waals surface area contributed by atoms with Crippen LogP contribution in [0.5, 0.6) is 0 Å². The molecule has 1 aromatic rings. The molecule has 0 aliphatic carbocycles. The Morgan fingerprint density at radius 1 is 1.67 bits per heavy atom. The molecular weight excluding hydrogens is 248 g/mol. The maximum atomic E-state index is 11.7. The van der Waals surface area contributed by atoms with Crippen LogP contribution in [0.1, 0.15) is 29.7 Å². The van der Waals surface area contributed by atoms with Gasteiger partial charge in [-0.3, -0.25) is 9.69 Å². The summed E-state index contributed by atoms with van der Waals surface area (Å²) < 4.78 is 5.11. The largest absolute Gasteiger partial charge is 0.466 e. The summed E-state index contributed by atoms with van der Waals surface area (Å²) in [5.41, 5.74) is 0. The summed E-state index contributed by atoms with van der Waals surface area (Å²) in [4.78, 5) is 19.6. The van der Waals surface area contributed by atoms with Crippen molar-refractivity contribution < 1.29 is 9.53 Å². The topological polar surface area (TPSA) is 42.4 Å². The van der Waals surface area contributed by atoms with Crippen LogP contribution in [-0.2, 0) is 16.1 Å². The van der Waals surface area contributed by atoms with Crippen molar-refractivity contribution >= 4 is 17.3 Å². The Morgan fingerprint density at radius 3 is 3.17 bits per heavy atom. The number of aromatic nitrogens is 1. The van der Waals surface area contributed by atoms with Crippen LogP contribution in [0.15, 0.2) is 6.20 Å². The molecule has 0 amide bonds. The minimum atomic E-state index is -0.0392. The predicted molar refractivity (Wildman–Crippen MR) is 71.5 cm³/mol. The van der Waals surface area contributed by atoms with E-state index in [-0.39, 0.29) is 11.9 Å². The lowest BCUT2D eigenvalue weighted by molar-refractivity contribution is -0.150. The van der Waals surface area contributed by atoms with Crippen LogP contribution in [-0.4, -0.2) is 35.5 Å². The van der Waals surface area contributed by atoms with E-state index in [1.807, 2.05) is 20.0 Å². The van der Waals surface area contributed by atoms with Crippen LogP contribution < -0.4 is 0 Å². The minimum absolute atomic E-state index is 0.0392. The number of hydrogen-bond acceptors (Lipinski definition) is 5. The Hall–Kier alpha value is -0.940. The van der Waals surface area contributed by atoms with Crippen LogP contribution in [0.2, 0.25) is 0 Å². The molecule has 5 heteroatoms. The number of carbonyl (C=O) groups is 1. The van der Waals surface area contributed by atoms with E-state index in [2.05, 4.69) is 9.88 Å². The van der Waals surface area contributed by atoms with Gasteiger partial charge in [0, 0.05) is 24.2 Å². The van der Waals surface area contributed by atoms with Crippen molar-refractivity contribution in [2.24, 2.45) is 5.92 Å². The normalized spacial score (nSPS) is 20.9. The van der Waals surface area contributed by atoms with Gasteiger partial charge in [-0.05, 0) is 33.2 Å². The molecule has 18 heavy (non-hydrogen) atoms. The fraction of sp³-hybridized carbons (Fsp3) is 0.692. The van der Waals surface area contributed by atoms with Gasteiger partial charge in [-0.1, -0.05) is 0 Å². The Kier molecular flexibility index (Phi) is 4.72. The molecule has 0 spiro atoms. The molecular formula is C13H20N2O2S. The average Bonchev–Trinajstić information content (AvgIpc) is 2.75. The van der Waals surface area contributed by atoms with Crippen LogP contribution in [0.25, 0.3) is 0 Å². The van der Waals surface area contributed by atoms with E-state index in [1.165, 1.54) is 4.88 Å². The number of carbonyl (C=O) groups excluding carboxylic acids is 1. The van der Waals surface area contributed by atoms with Gasteiger partial charge >= 0.3 is 5.97 Å². The number of aryl methyl sites for hydroxylation is 1. The second-order valence-electron chi connectivity index (χ2n) is 4.67. The summed E-state index contributed by atoms with van der Waals surface area (Å²) in [6.45, 7) is 7.14. The number of piperidine rings is 1. The fourth-order valence-electron chi connectivity index (χ4n) is 2.35. The first-order valence-corrected chi connectivity index (χ1v) is 7.31. The molecule has 0 N–H and O–H groups in total. The molecule has 4 nitrogen and oxygen atoms in total. The third-order valence-corrected chi connectivity index (χ3v) is 4.07. The highest BCUT2D eigenvalue weighted by molar-refractivity contribution is 7.11. The zero-order valence-corrected chi connectivity index (χ0v) is 11.8. The summed E-state index contributed by atoms with van der Waals surface area (Å²) in [7, 11) is 0. The summed E-state index contributed by atoms with van der Waals surface area (Å²) >= 11 is 1.73. The molecule has 1 unspecified atom stereocenters. The van der Waals surface area contributed by atoms with Gasteiger partial charge in [0.05, 0.1) is 17.5 Å². The average molecular weight is 268 g/mol. The molecule has 100 valence electrons. The lowest BCUT2D eigenvalue weighted by Gasteiger charge is -2.30. The van der Waals surface area contributed by atoms with Crippen molar-refractivity contribution in [2.45, 2.75) is 33.2 Å². The van der Waals surface area contributed by atoms with E-state index in [4.69, 9.17) is 4.74 Å². The summed E-state index contributed by atoms with van der Waals surface area (Å²) in [5, 5.41) is 1.10. The first-order valence-electron chi connectivity index (χ1n) is 6.49. The van der Waals surface area contributed by atoms with E-state index in [9.17, 15) is 4.79 Å². The molecule has 2 rings (SSSR count). The van der Waals surface area contributed by atoms with Crippen molar-refractivity contribution in [1.82, 2.24) is 9.88 Å². The monoisotopic (exact) mass is 268 g/mol. The molecule has 1 atom stereocenters. The molecule has 1 aliphatic rings. The number of ether oxygens (including phenoxy) is 1. The Labute approximate surface area is 112 Å². The van der Waals surface area contributed by atoms with Crippen LogP contribution in [0.3, 0.4) is 0 Å². The van der Waals surface area contributed by atoms with Crippen LogP contribution in [0, 0.1) is 12.8 Å². The van der Waals surface area contributed by atoms with E-state index < -0.39 is 0 Å². The van der Waals surface area contributed by atoms with Crippen molar-refractivity contribution in [3.05, 3.63) is 16.1 Å². The number of esters is 1. The second-order valence-corrected chi connectivity index (χ2v) is 5.99. The molecule has 1 aliphatic heterocycles. The van der Waals surface area contributed by atoms with E-state index in [1.54, 1.807) is 11.3 Å². The third-order valence-electron chi connectivity index (χ3n) is 3.17. The summed E-state index contributed by atoms with van der Waals surface area (Å²) in [6, 6.07) is 0. The van der Waals surface area contributed by atoms with Gasteiger partial charge in [-0.2, -0.15) is 0 Å². The van der Waals surface area contributed by atoms with Crippen molar-refractivity contribution in [3.8, 4) is 0 Å². The van der Waals surface area contributed by atoms with Crippen molar-refractivity contribution in [1.29, 1.82) is 0 Å². The molecule has 1 saturated heterocycles. The number of likely N-dealkylation sites (tertiary alicyclic amines) is 1. The number of rotatable bonds is 4. The van der Waals surface area contributed by atoms with Gasteiger partial charge in [0.25, 0.3) is 0 Å². The lowest BCUT2D eigenvalue weighted by atomic mass is 9.98. The summed E-state index contributed by atoms with van der Waals surface area (Å²) in [6.07, 6.45) is 3.96. The van der Waals surface area contributed by atoms with Gasteiger partial charge in [0.2, 0.25) is 0 Å². The van der Waals surface area contributed by atoms with Crippen molar-refractivity contribution in [2.75, 3.05) is 19.7 Å².